The molecule has 2 rings (SSSR count). The number of benzene rings is 1. The second kappa shape index (κ2) is 3.66. The molecule has 0 unspecified atom stereocenters. The van der Waals surface area contributed by atoms with E-state index in [2.05, 4.69) is 0 Å². The molecule has 0 spiro atoms. The summed E-state index contributed by atoms with van der Waals surface area (Å²) in [6.45, 7) is -0.632. The van der Waals surface area contributed by atoms with E-state index in [-0.39, 0.29) is 18.8 Å². The van der Waals surface area contributed by atoms with Crippen LogP contribution in [-0.4, -0.2) is 26.5 Å². The number of halogens is 3. The lowest BCUT2D eigenvalue weighted by atomic mass is 9.78. The standard InChI is InChI=1S/C11H11F3O2/c1-15-9-4-2-3-8(5-9)10(6-16-7-10)11(12,13)14/h2-5H,6-7H2,1H3. The Bertz CT molecular complexity index is 383. The Balaban J connectivity index is 2.41. The fraction of sp³-hybridized carbons (Fsp3) is 0.455. The van der Waals surface area contributed by atoms with Crippen molar-refractivity contribution in [2.75, 3.05) is 20.3 Å². The quantitative estimate of drug-likeness (QED) is 0.780. The van der Waals surface area contributed by atoms with Crippen molar-refractivity contribution in [3.63, 3.8) is 0 Å². The van der Waals surface area contributed by atoms with Crippen LogP contribution in [0.25, 0.3) is 0 Å². The highest BCUT2D eigenvalue weighted by atomic mass is 19.4. The maximum absolute atomic E-state index is 13.0. The molecule has 1 aromatic carbocycles. The predicted octanol–water partition coefficient (Wildman–Crippen LogP) is 2.53. The van der Waals surface area contributed by atoms with Crippen LogP contribution >= 0.6 is 0 Å². The average Bonchev–Trinajstić information content (AvgIpc) is 2.14. The molecule has 0 aromatic heterocycles. The van der Waals surface area contributed by atoms with Crippen LogP contribution in [0.5, 0.6) is 5.75 Å². The Morgan fingerprint density at radius 1 is 1.31 bits per heavy atom. The van der Waals surface area contributed by atoms with Crippen molar-refractivity contribution in [1.29, 1.82) is 0 Å². The summed E-state index contributed by atoms with van der Waals surface area (Å²) < 4.78 is 48.5. The third-order valence-corrected chi connectivity index (χ3v) is 2.86. The van der Waals surface area contributed by atoms with Gasteiger partial charge in [-0.15, -0.1) is 0 Å². The number of hydrogen-bond acceptors (Lipinski definition) is 2. The van der Waals surface area contributed by atoms with Crippen LogP contribution < -0.4 is 4.74 Å². The van der Waals surface area contributed by atoms with Gasteiger partial charge in [0.15, 0.2) is 0 Å². The fourth-order valence-corrected chi connectivity index (χ4v) is 1.72. The highest BCUT2D eigenvalue weighted by Gasteiger charge is 2.61. The number of hydrogen-bond donors (Lipinski definition) is 0. The monoisotopic (exact) mass is 232 g/mol. The summed E-state index contributed by atoms with van der Waals surface area (Å²) in [5, 5.41) is 0. The smallest absolute Gasteiger partial charge is 0.402 e. The van der Waals surface area contributed by atoms with E-state index in [4.69, 9.17) is 9.47 Å². The van der Waals surface area contributed by atoms with E-state index in [9.17, 15) is 13.2 Å². The number of methoxy groups -OCH3 is 1. The molecule has 0 aliphatic carbocycles. The van der Waals surface area contributed by atoms with Crippen LogP contribution in [0.2, 0.25) is 0 Å². The maximum atomic E-state index is 13.0. The molecule has 0 radical (unpaired) electrons. The molecular formula is C11H11F3O2. The molecule has 1 fully saturated rings. The van der Waals surface area contributed by atoms with Crippen LogP contribution in [0.3, 0.4) is 0 Å². The molecule has 1 aliphatic rings. The van der Waals surface area contributed by atoms with E-state index < -0.39 is 11.6 Å². The van der Waals surface area contributed by atoms with E-state index in [1.165, 1.54) is 19.2 Å². The van der Waals surface area contributed by atoms with Crippen LogP contribution in [-0.2, 0) is 10.2 Å². The summed E-state index contributed by atoms with van der Waals surface area (Å²) in [6.07, 6.45) is -4.29. The van der Waals surface area contributed by atoms with Crippen molar-refractivity contribution in [3.05, 3.63) is 29.8 Å². The van der Waals surface area contributed by atoms with Gasteiger partial charge in [-0.25, -0.2) is 0 Å². The average molecular weight is 232 g/mol. The third kappa shape index (κ3) is 1.55. The number of ether oxygens (including phenoxy) is 2. The largest absolute Gasteiger partial charge is 0.497 e. The first-order valence-electron chi connectivity index (χ1n) is 4.79. The van der Waals surface area contributed by atoms with Gasteiger partial charge in [-0.3, -0.25) is 0 Å². The van der Waals surface area contributed by atoms with Gasteiger partial charge in [-0.2, -0.15) is 13.2 Å². The summed E-state index contributed by atoms with van der Waals surface area (Å²) in [7, 11) is 1.43. The Kier molecular flexibility index (Phi) is 2.58. The van der Waals surface area contributed by atoms with E-state index in [1.807, 2.05) is 0 Å². The minimum atomic E-state index is -4.29. The van der Waals surface area contributed by atoms with E-state index in [1.54, 1.807) is 12.1 Å². The van der Waals surface area contributed by atoms with E-state index in [0.29, 0.717) is 5.75 Å². The summed E-state index contributed by atoms with van der Waals surface area (Å²) in [4.78, 5) is 0. The Morgan fingerprint density at radius 2 is 2.00 bits per heavy atom. The molecule has 1 aliphatic heterocycles. The van der Waals surface area contributed by atoms with Gasteiger partial charge in [0.2, 0.25) is 0 Å². The molecule has 1 aromatic rings. The molecule has 1 saturated heterocycles. The zero-order valence-corrected chi connectivity index (χ0v) is 8.67. The minimum absolute atomic E-state index is 0.200. The normalized spacial score (nSPS) is 19.0. The van der Waals surface area contributed by atoms with Crippen molar-refractivity contribution in [2.45, 2.75) is 11.6 Å². The van der Waals surface area contributed by atoms with Gasteiger partial charge in [0, 0.05) is 0 Å². The molecule has 2 nitrogen and oxygen atoms in total. The van der Waals surface area contributed by atoms with Crippen LogP contribution in [0.1, 0.15) is 5.56 Å². The van der Waals surface area contributed by atoms with Crippen molar-refractivity contribution in [1.82, 2.24) is 0 Å². The second-order valence-electron chi connectivity index (χ2n) is 3.80. The highest BCUT2D eigenvalue weighted by molar-refractivity contribution is 5.37. The van der Waals surface area contributed by atoms with Gasteiger partial charge < -0.3 is 9.47 Å². The van der Waals surface area contributed by atoms with Gasteiger partial charge in [0.05, 0.1) is 20.3 Å². The molecule has 5 heteroatoms. The highest BCUT2D eigenvalue weighted by Crippen LogP contribution is 2.46. The third-order valence-electron chi connectivity index (χ3n) is 2.86. The number of rotatable bonds is 2. The SMILES string of the molecule is COc1cccc(C2(C(F)(F)F)COC2)c1. The molecule has 0 amide bonds. The topological polar surface area (TPSA) is 18.5 Å². The van der Waals surface area contributed by atoms with Crippen molar-refractivity contribution in [2.24, 2.45) is 0 Å². The molecule has 0 N–H and O–H groups in total. The van der Waals surface area contributed by atoms with Crippen molar-refractivity contribution < 1.29 is 22.6 Å². The maximum Gasteiger partial charge on any atom is 0.402 e. The molecular weight excluding hydrogens is 221 g/mol. The fourth-order valence-electron chi connectivity index (χ4n) is 1.72. The van der Waals surface area contributed by atoms with Crippen LogP contribution in [0, 0.1) is 0 Å². The van der Waals surface area contributed by atoms with Crippen molar-refractivity contribution in [3.8, 4) is 5.75 Å². The zero-order valence-electron chi connectivity index (χ0n) is 8.67. The van der Waals surface area contributed by atoms with Gasteiger partial charge >= 0.3 is 6.18 Å². The first-order chi connectivity index (χ1) is 7.49. The summed E-state index contributed by atoms with van der Waals surface area (Å²) in [6, 6.07) is 6.04. The van der Waals surface area contributed by atoms with Crippen LogP contribution in [0.4, 0.5) is 13.2 Å². The lowest BCUT2D eigenvalue weighted by Crippen LogP contribution is -2.57. The molecule has 16 heavy (non-hydrogen) atoms. The number of alkyl halides is 3. The Morgan fingerprint density at radius 3 is 2.44 bits per heavy atom. The predicted molar refractivity (Wildman–Crippen MR) is 51.5 cm³/mol. The first kappa shape index (κ1) is 11.3. The van der Waals surface area contributed by atoms with Crippen LogP contribution in [0.15, 0.2) is 24.3 Å². The first-order valence-corrected chi connectivity index (χ1v) is 4.79. The molecule has 1 heterocycles. The molecule has 0 atom stereocenters. The lowest BCUT2D eigenvalue weighted by Gasteiger charge is -2.43. The van der Waals surface area contributed by atoms with E-state index in [0.717, 1.165) is 0 Å². The summed E-state index contributed by atoms with van der Waals surface area (Å²) >= 11 is 0. The Labute approximate surface area is 91.0 Å². The van der Waals surface area contributed by atoms with Gasteiger partial charge in [-0.05, 0) is 17.7 Å². The second-order valence-corrected chi connectivity index (χ2v) is 3.80. The minimum Gasteiger partial charge on any atom is -0.497 e. The summed E-state index contributed by atoms with van der Waals surface area (Å²) in [5.74, 6) is 0.424. The van der Waals surface area contributed by atoms with Crippen molar-refractivity contribution >= 4 is 0 Å². The lowest BCUT2D eigenvalue weighted by molar-refractivity contribution is -0.262. The summed E-state index contributed by atoms with van der Waals surface area (Å²) in [5.41, 5.74) is -1.66. The molecule has 0 bridgehead atoms. The van der Waals surface area contributed by atoms with E-state index >= 15 is 0 Å². The molecule has 88 valence electrons. The van der Waals surface area contributed by atoms with Gasteiger partial charge in [-0.1, -0.05) is 12.1 Å². The zero-order chi connectivity index (χ0) is 11.8. The van der Waals surface area contributed by atoms with Gasteiger partial charge in [0.25, 0.3) is 0 Å². The van der Waals surface area contributed by atoms with Gasteiger partial charge in [0.1, 0.15) is 11.2 Å². The molecule has 0 saturated carbocycles. The Hall–Kier alpha value is -1.23.